The lowest BCUT2D eigenvalue weighted by molar-refractivity contribution is -0.201. The van der Waals surface area contributed by atoms with Crippen LogP contribution >= 0.6 is 0 Å². The summed E-state index contributed by atoms with van der Waals surface area (Å²) in [6.45, 7) is 7.86. The molecule has 0 aliphatic rings. The minimum absolute atomic E-state index is 0.342. The summed E-state index contributed by atoms with van der Waals surface area (Å²) in [4.78, 5) is 11.2. The molecule has 0 saturated heterocycles. The first-order valence-electron chi connectivity index (χ1n) is 4.96. The van der Waals surface area contributed by atoms with Crippen molar-refractivity contribution in [3.63, 3.8) is 0 Å². The van der Waals surface area contributed by atoms with Gasteiger partial charge < -0.3 is 0 Å². The second-order valence-corrected chi connectivity index (χ2v) is 7.75. The molecule has 0 aliphatic carbocycles. The lowest BCUT2D eigenvalue weighted by atomic mass is 9.83. The maximum atomic E-state index is 14.5. The molecule has 6 heteroatoms. The van der Waals surface area contributed by atoms with Gasteiger partial charge in [-0.1, -0.05) is 42.8 Å². The fourth-order valence-corrected chi connectivity index (χ4v) is 4.06. The first kappa shape index (κ1) is 14.5. The number of hydrogen-bond donors (Lipinski definition) is 0. The molecule has 0 radical (unpaired) electrons. The average molecular weight is 241 g/mol. The maximum Gasteiger partial charge on any atom is 0.317 e. The van der Waals surface area contributed by atoms with Crippen LogP contribution in [-0.4, -0.2) is 25.3 Å². The largest absolute Gasteiger partial charge is 0.317 e. The molecule has 0 rings (SSSR count). The van der Waals surface area contributed by atoms with Crippen molar-refractivity contribution in [2.24, 2.45) is 5.41 Å². The van der Waals surface area contributed by atoms with E-state index in [1.165, 1.54) is 13.8 Å². The topological polar surface area (TPSA) is 20.3 Å². The molecule has 0 aromatic rings. The lowest BCUT2D eigenvalue weighted by Gasteiger charge is -2.40. The fraction of sp³-hybridized carbons (Fsp3) is 0.889. The van der Waals surface area contributed by atoms with Crippen LogP contribution in [0, 0.1) is 5.41 Å². The summed E-state index contributed by atoms with van der Waals surface area (Å²) in [5, 5.41) is -4.02. The van der Waals surface area contributed by atoms with E-state index in [9.17, 15) is 18.1 Å². The standard InChI is InChI=1S/C9H18F3NOSi/c1-6-8(2,3)9(10,15(4)5)7(14)13(11)12/h15H,6H2,1-5H3. The van der Waals surface area contributed by atoms with E-state index in [1.807, 2.05) is 0 Å². The van der Waals surface area contributed by atoms with Crippen molar-refractivity contribution in [2.75, 3.05) is 0 Å². The summed E-state index contributed by atoms with van der Waals surface area (Å²) in [5.41, 5.74) is -1.05. The Morgan fingerprint density at radius 1 is 1.33 bits per heavy atom. The number of alkyl halides is 1. The number of halogens is 3. The van der Waals surface area contributed by atoms with Gasteiger partial charge in [0.15, 0.2) is 5.29 Å². The zero-order valence-corrected chi connectivity index (χ0v) is 10.9. The molecular weight excluding hydrogens is 223 g/mol. The van der Waals surface area contributed by atoms with Crippen LogP contribution in [0.15, 0.2) is 0 Å². The maximum absolute atomic E-state index is 14.5. The highest BCUT2D eigenvalue weighted by atomic mass is 28.3. The van der Waals surface area contributed by atoms with E-state index in [-0.39, 0.29) is 0 Å². The summed E-state index contributed by atoms with van der Waals surface area (Å²) < 4.78 is 39.0. The zero-order valence-electron chi connectivity index (χ0n) is 9.77. The number of hydrogen-bond acceptors (Lipinski definition) is 1. The van der Waals surface area contributed by atoms with Crippen molar-refractivity contribution < 1.29 is 18.1 Å². The quantitative estimate of drug-likeness (QED) is 0.547. The van der Waals surface area contributed by atoms with Crippen LogP contribution < -0.4 is 0 Å². The summed E-state index contributed by atoms with van der Waals surface area (Å²) in [7, 11) is -2.19. The molecule has 0 aromatic heterocycles. The number of carbonyl (C=O) groups excluding carboxylic acids is 1. The van der Waals surface area contributed by atoms with Gasteiger partial charge in [0, 0.05) is 5.41 Å². The SMILES string of the molecule is CCC(C)(C)C(F)(C(=O)N(F)F)[SiH](C)C. The third kappa shape index (κ3) is 2.35. The number of carbonyl (C=O) groups is 1. The first-order chi connectivity index (χ1) is 6.61. The molecule has 0 bridgehead atoms. The van der Waals surface area contributed by atoms with E-state index in [1.54, 1.807) is 20.0 Å². The molecule has 0 heterocycles. The molecule has 0 aromatic carbocycles. The Bertz CT molecular complexity index is 246. The van der Waals surface area contributed by atoms with Gasteiger partial charge in [0.2, 0.25) is 0 Å². The number of rotatable bonds is 4. The van der Waals surface area contributed by atoms with Crippen molar-refractivity contribution in [1.29, 1.82) is 0 Å². The van der Waals surface area contributed by atoms with Crippen molar-refractivity contribution >= 4 is 14.7 Å². The van der Waals surface area contributed by atoms with Crippen molar-refractivity contribution in [3.8, 4) is 0 Å². The predicted octanol–water partition coefficient (Wildman–Crippen LogP) is 2.75. The highest BCUT2D eigenvalue weighted by molar-refractivity contribution is 6.64. The van der Waals surface area contributed by atoms with Crippen LogP contribution in [-0.2, 0) is 4.79 Å². The van der Waals surface area contributed by atoms with Gasteiger partial charge in [0.25, 0.3) is 0 Å². The molecular formula is C9H18F3NOSi. The van der Waals surface area contributed by atoms with Gasteiger partial charge >= 0.3 is 5.91 Å². The zero-order chi connectivity index (χ0) is 12.4. The molecule has 0 N–H and O–H groups in total. The minimum Gasteiger partial charge on any atom is -0.266 e. The monoisotopic (exact) mass is 241 g/mol. The molecule has 1 unspecified atom stereocenters. The van der Waals surface area contributed by atoms with Crippen LogP contribution in [0.25, 0.3) is 0 Å². The Hall–Kier alpha value is -0.523. The third-order valence-corrected chi connectivity index (χ3v) is 5.75. The molecule has 0 fully saturated rings. The normalized spacial score (nSPS) is 16.3. The fourth-order valence-electron chi connectivity index (χ4n) is 1.70. The van der Waals surface area contributed by atoms with Gasteiger partial charge in [-0.2, -0.15) is 0 Å². The van der Waals surface area contributed by atoms with Gasteiger partial charge in [0.1, 0.15) is 0 Å². The molecule has 0 aliphatic heterocycles. The van der Waals surface area contributed by atoms with Crippen LogP contribution in [0.3, 0.4) is 0 Å². The molecule has 90 valence electrons. The summed E-state index contributed by atoms with van der Waals surface area (Å²) in [5.74, 6) is -1.70. The lowest BCUT2D eigenvalue weighted by Crippen LogP contribution is -2.58. The van der Waals surface area contributed by atoms with E-state index in [2.05, 4.69) is 0 Å². The summed E-state index contributed by atoms with van der Waals surface area (Å²) >= 11 is 0. The van der Waals surface area contributed by atoms with E-state index < -0.39 is 30.8 Å². The summed E-state index contributed by atoms with van der Waals surface area (Å²) in [6, 6.07) is 0. The third-order valence-electron chi connectivity index (χ3n) is 3.13. The molecule has 1 atom stereocenters. The van der Waals surface area contributed by atoms with Gasteiger partial charge in [-0.25, -0.2) is 4.39 Å². The predicted molar refractivity (Wildman–Crippen MR) is 55.9 cm³/mol. The van der Waals surface area contributed by atoms with Crippen LogP contribution in [0.2, 0.25) is 13.1 Å². The molecule has 15 heavy (non-hydrogen) atoms. The van der Waals surface area contributed by atoms with E-state index in [4.69, 9.17) is 0 Å². The Morgan fingerprint density at radius 3 is 1.93 bits per heavy atom. The van der Waals surface area contributed by atoms with Gasteiger partial charge in [-0.15, -0.1) is 0 Å². The second kappa shape index (κ2) is 4.55. The Labute approximate surface area is 89.9 Å². The van der Waals surface area contributed by atoms with E-state index in [0.717, 1.165) is 0 Å². The van der Waals surface area contributed by atoms with E-state index >= 15 is 0 Å². The molecule has 0 saturated carbocycles. The molecule has 2 nitrogen and oxygen atoms in total. The van der Waals surface area contributed by atoms with Gasteiger partial charge in [-0.3, -0.25) is 4.79 Å². The smallest absolute Gasteiger partial charge is 0.266 e. The number of amides is 1. The Morgan fingerprint density at radius 2 is 1.73 bits per heavy atom. The van der Waals surface area contributed by atoms with Crippen LogP contribution in [0.5, 0.6) is 0 Å². The highest BCUT2D eigenvalue weighted by Gasteiger charge is 2.56. The minimum atomic E-state index is -2.40. The van der Waals surface area contributed by atoms with Gasteiger partial charge in [0.05, 0.1) is 8.80 Å². The Kier molecular flexibility index (Phi) is 4.39. The van der Waals surface area contributed by atoms with Gasteiger partial charge in [-0.05, 0) is 11.8 Å². The van der Waals surface area contributed by atoms with E-state index in [0.29, 0.717) is 6.42 Å². The molecule has 0 spiro atoms. The molecule has 1 amide bonds. The average Bonchev–Trinajstić information content (AvgIpc) is 2.14. The summed E-state index contributed by atoms with van der Waals surface area (Å²) in [6.07, 6.45) is 0.342. The number of nitrogens with zero attached hydrogens (tertiary/aromatic N) is 1. The van der Waals surface area contributed by atoms with Crippen molar-refractivity contribution in [3.05, 3.63) is 0 Å². The highest BCUT2D eigenvalue weighted by Crippen LogP contribution is 2.41. The first-order valence-corrected chi connectivity index (χ1v) is 7.85. The van der Waals surface area contributed by atoms with Crippen LogP contribution in [0.4, 0.5) is 13.4 Å². The van der Waals surface area contributed by atoms with Crippen molar-refractivity contribution in [1.82, 2.24) is 5.34 Å². The Balaban J connectivity index is 5.35. The van der Waals surface area contributed by atoms with Crippen molar-refractivity contribution in [2.45, 2.75) is 45.6 Å². The second-order valence-electron chi connectivity index (χ2n) is 4.64. The van der Waals surface area contributed by atoms with Crippen LogP contribution in [0.1, 0.15) is 27.2 Å².